The molecule has 0 saturated carbocycles. The van der Waals surface area contributed by atoms with Gasteiger partial charge in [-0.1, -0.05) is 13.8 Å². The first kappa shape index (κ1) is 16.5. The van der Waals surface area contributed by atoms with Crippen LogP contribution in [-0.2, 0) is 9.53 Å². The number of ether oxygens (including phenoxy) is 1. The van der Waals surface area contributed by atoms with Crippen molar-refractivity contribution in [2.45, 2.75) is 13.8 Å². The van der Waals surface area contributed by atoms with Crippen molar-refractivity contribution in [1.82, 2.24) is 4.98 Å². The molecule has 1 aromatic heterocycles. The van der Waals surface area contributed by atoms with Gasteiger partial charge < -0.3 is 15.4 Å². The Morgan fingerprint density at radius 2 is 1.70 bits per heavy atom. The van der Waals surface area contributed by atoms with Crippen LogP contribution < -0.4 is 10.6 Å². The van der Waals surface area contributed by atoms with Gasteiger partial charge in [0.1, 0.15) is 5.82 Å². The van der Waals surface area contributed by atoms with Crippen molar-refractivity contribution >= 4 is 29.1 Å². The van der Waals surface area contributed by atoms with E-state index in [2.05, 4.69) is 20.4 Å². The smallest absolute Gasteiger partial charge is 0.337 e. The topological polar surface area (TPSA) is 80.3 Å². The first-order chi connectivity index (χ1) is 11.0. The molecule has 120 valence electrons. The van der Waals surface area contributed by atoms with Crippen LogP contribution in [0.25, 0.3) is 0 Å². The quantitative estimate of drug-likeness (QED) is 0.829. The van der Waals surface area contributed by atoms with E-state index < -0.39 is 0 Å². The SMILES string of the molecule is COC(=O)c1ccc(Nc2ccc(NC(=O)C(C)C)cn2)cc1. The number of anilines is 3. The average Bonchev–Trinajstić information content (AvgIpc) is 2.56. The summed E-state index contributed by atoms with van der Waals surface area (Å²) in [6.45, 7) is 3.66. The van der Waals surface area contributed by atoms with Crippen molar-refractivity contribution in [3.8, 4) is 0 Å². The van der Waals surface area contributed by atoms with E-state index in [-0.39, 0.29) is 17.8 Å². The number of hydrogen-bond donors (Lipinski definition) is 2. The zero-order valence-electron chi connectivity index (χ0n) is 13.3. The highest BCUT2D eigenvalue weighted by atomic mass is 16.5. The summed E-state index contributed by atoms with van der Waals surface area (Å²) in [5.41, 5.74) is 1.93. The van der Waals surface area contributed by atoms with Gasteiger partial charge in [-0.05, 0) is 36.4 Å². The summed E-state index contributed by atoms with van der Waals surface area (Å²) in [6, 6.07) is 10.4. The molecule has 0 atom stereocenters. The molecule has 6 nitrogen and oxygen atoms in total. The number of carbonyl (C=O) groups is 2. The van der Waals surface area contributed by atoms with Crippen molar-refractivity contribution in [2.24, 2.45) is 5.92 Å². The maximum atomic E-state index is 11.6. The lowest BCUT2D eigenvalue weighted by Crippen LogP contribution is -2.17. The number of benzene rings is 1. The number of hydrogen-bond acceptors (Lipinski definition) is 5. The van der Waals surface area contributed by atoms with E-state index in [0.717, 1.165) is 5.69 Å². The number of nitrogens with zero attached hydrogens (tertiary/aromatic N) is 1. The Hall–Kier alpha value is -2.89. The second-order valence-corrected chi connectivity index (χ2v) is 5.27. The normalized spacial score (nSPS) is 10.3. The van der Waals surface area contributed by atoms with Crippen molar-refractivity contribution < 1.29 is 14.3 Å². The van der Waals surface area contributed by atoms with Gasteiger partial charge in [0.25, 0.3) is 0 Å². The Morgan fingerprint density at radius 3 is 2.22 bits per heavy atom. The summed E-state index contributed by atoms with van der Waals surface area (Å²) in [5, 5.41) is 5.89. The maximum absolute atomic E-state index is 11.6. The van der Waals surface area contributed by atoms with Gasteiger partial charge in [-0.15, -0.1) is 0 Å². The maximum Gasteiger partial charge on any atom is 0.337 e. The molecule has 6 heteroatoms. The van der Waals surface area contributed by atoms with Gasteiger partial charge in [-0.3, -0.25) is 4.79 Å². The van der Waals surface area contributed by atoms with E-state index in [1.807, 2.05) is 13.8 Å². The van der Waals surface area contributed by atoms with Crippen molar-refractivity contribution in [2.75, 3.05) is 17.7 Å². The van der Waals surface area contributed by atoms with Gasteiger partial charge in [-0.2, -0.15) is 0 Å². The number of aromatic nitrogens is 1. The number of esters is 1. The zero-order valence-corrected chi connectivity index (χ0v) is 13.3. The molecule has 1 aromatic carbocycles. The van der Waals surface area contributed by atoms with Gasteiger partial charge in [0.15, 0.2) is 0 Å². The molecule has 0 aliphatic carbocycles. The molecule has 23 heavy (non-hydrogen) atoms. The first-order valence-electron chi connectivity index (χ1n) is 7.22. The summed E-state index contributed by atoms with van der Waals surface area (Å²) < 4.78 is 4.65. The minimum Gasteiger partial charge on any atom is -0.465 e. The van der Waals surface area contributed by atoms with Gasteiger partial charge in [0.2, 0.25) is 5.91 Å². The Morgan fingerprint density at radius 1 is 1.04 bits per heavy atom. The number of amides is 1. The standard InChI is InChI=1S/C17H19N3O3/c1-11(2)16(21)20-14-8-9-15(18-10-14)19-13-6-4-12(5-7-13)17(22)23-3/h4-11H,1-3H3,(H,18,19)(H,20,21). The summed E-state index contributed by atoms with van der Waals surface area (Å²) >= 11 is 0. The van der Waals surface area contributed by atoms with Gasteiger partial charge in [0.05, 0.1) is 24.6 Å². The molecule has 0 radical (unpaired) electrons. The van der Waals surface area contributed by atoms with Crippen LogP contribution in [-0.4, -0.2) is 24.0 Å². The Kier molecular flexibility index (Phi) is 5.30. The molecule has 1 amide bonds. The third-order valence-electron chi connectivity index (χ3n) is 3.13. The third-order valence-corrected chi connectivity index (χ3v) is 3.13. The molecule has 0 saturated heterocycles. The lowest BCUT2D eigenvalue weighted by molar-refractivity contribution is -0.118. The van der Waals surface area contributed by atoms with E-state index in [4.69, 9.17) is 0 Å². The molecule has 0 fully saturated rings. The largest absolute Gasteiger partial charge is 0.465 e. The van der Waals surface area contributed by atoms with Crippen LogP contribution in [0.15, 0.2) is 42.6 Å². The molecule has 0 unspecified atom stereocenters. The molecule has 0 bridgehead atoms. The lowest BCUT2D eigenvalue weighted by atomic mass is 10.2. The van der Waals surface area contributed by atoms with E-state index in [9.17, 15) is 9.59 Å². The van der Waals surface area contributed by atoms with E-state index >= 15 is 0 Å². The van der Waals surface area contributed by atoms with Crippen LogP contribution in [0.2, 0.25) is 0 Å². The van der Waals surface area contributed by atoms with E-state index in [0.29, 0.717) is 17.1 Å². The summed E-state index contributed by atoms with van der Waals surface area (Å²) in [5.74, 6) is 0.130. The van der Waals surface area contributed by atoms with Crippen LogP contribution in [0.4, 0.5) is 17.2 Å². The highest BCUT2D eigenvalue weighted by molar-refractivity contribution is 5.92. The van der Waals surface area contributed by atoms with Crippen molar-refractivity contribution in [3.63, 3.8) is 0 Å². The Bertz CT molecular complexity index is 679. The highest BCUT2D eigenvalue weighted by Gasteiger charge is 2.07. The Labute approximate surface area is 134 Å². The highest BCUT2D eigenvalue weighted by Crippen LogP contribution is 2.17. The van der Waals surface area contributed by atoms with Crippen LogP contribution in [0.1, 0.15) is 24.2 Å². The van der Waals surface area contributed by atoms with Crippen LogP contribution in [0, 0.1) is 5.92 Å². The third kappa shape index (κ3) is 4.54. The molecule has 0 spiro atoms. The van der Waals surface area contributed by atoms with Crippen molar-refractivity contribution in [1.29, 1.82) is 0 Å². The summed E-state index contributed by atoms with van der Waals surface area (Å²) in [7, 11) is 1.35. The van der Waals surface area contributed by atoms with Gasteiger partial charge in [0, 0.05) is 11.6 Å². The minimum atomic E-state index is -0.375. The Balaban J connectivity index is 2.00. The first-order valence-corrected chi connectivity index (χ1v) is 7.22. The van der Waals surface area contributed by atoms with Crippen molar-refractivity contribution in [3.05, 3.63) is 48.2 Å². The van der Waals surface area contributed by atoms with E-state index in [1.54, 1.807) is 42.6 Å². The monoisotopic (exact) mass is 313 g/mol. The fourth-order valence-electron chi connectivity index (χ4n) is 1.78. The fourth-order valence-corrected chi connectivity index (χ4v) is 1.78. The predicted octanol–water partition coefficient (Wildman–Crippen LogP) is 3.21. The number of carbonyl (C=O) groups excluding carboxylic acids is 2. The predicted molar refractivity (Wildman–Crippen MR) is 88.8 cm³/mol. The molecule has 2 aromatic rings. The molecule has 1 heterocycles. The van der Waals surface area contributed by atoms with Gasteiger partial charge in [-0.25, -0.2) is 9.78 Å². The summed E-state index contributed by atoms with van der Waals surface area (Å²) in [4.78, 5) is 27.2. The van der Waals surface area contributed by atoms with Crippen LogP contribution in [0.5, 0.6) is 0 Å². The number of nitrogens with one attached hydrogen (secondary N) is 2. The second kappa shape index (κ2) is 7.40. The number of methoxy groups -OCH3 is 1. The average molecular weight is 313 g/mol. The lowest BCUT2D eigenvalue weighted by Gasteiger charge is -2.09. The van der Waals surface area contributed by atoms with Crippen LogP contribution in [0.3, 0.4) is 0 Å². The molecule has 2 N–H and O–H groups in total. The molecular weight excluding hydrogens is 294 g/mol. The molecule has 0 aliphatic heterocycles. The van der Waals surface area contributed by atoms with Crippen LogP contribution >= 0.6 is 0 Å². The minimum absolute atomic E-state index is 0.0501. The van der Waals surface area contributed by atoms with Gasteiger partial charge >= 0.3 is 5.97 Å². The fraction of sp³-hybridized carbons (Fsp3) is 0.235. The molecular formula is C17H19N3O3. The number of pyridine rings is 1. The summed E-state index contributed by atoms with van der Waals surface area (Å²) in [6.07, 6.45) is 1.59. The second-order valence-electron chi connectivity index (χ2n) is 5.27. The van der Waals surface area contributed by atoms with E-state index in [1.165, 1.54) is 7.11 Å². The number of rotatable bonds is 5. The zero-order chi connectivity index (χ0) is 16.8. The molecule has 0 aliphatic rings. The molecule has 2 rings (SSSR count).